The second-order valence-electron chi connectivity index (χ2n) is 7.23. The molecule has 3 rings (SSSR count). The van der Waals surface area contributed by atoms with Crippen LogP contribution in [-0.2, 0) is 4.79 Å². The summed E-state index contributed by atoms with van der Waals surface area (Å²) in [5, 5.41) is 9.34. The van der Waals surface area contributed by atoms with Crippen molar-refractivity contribution in [1.82, 2.24) is 19.7 Å². The molecule has 12 heteroatoms. The molecule has 2 aromatic carbocycles. The molecule has 0 saturated heterocycles. The zero-order chi connectivity index (χ0) is 27.4. The van der Waals surface area contributed by atoms with Crippen LogP contribution in [0.4, 0.5) is 8.78 Å². The highest BCUT2D eigenvalue weighted by molar-refractivity contribution is 7.97. The van der Waals surface area contributed by atoms with Gasteiger partial charge in [0.15, 0.2) is 17.4 Å². The fraction of sp³-hybridized carbons (Fsp3) is 0.240. The van der Waals surface area contributed by atoms with E-state index in [4.69, 9.17) is 21.5 Å². The van der Waals surface area contributed by atoms with Gasteiger partial charge in [0, 0.05) is 42.4 Å². The summed E-state index contributed by atoms with van der Waals surface area (Å²) in [6.07, 6.45) is 2.98. The molecule has 1 heterocycles. The van der Waals surface area contributed by atoms with Crippen molar-refractivity contribution in [2.75, 3.05) is 26.7 Å². The number of ether oxygens (including phenoxy) is 1. The first-order valence-corrected chi connectivity index (χ1v) is 12.4. The van der Waals surface area contributed by atoms with Crippen molar-refractivity contribution < 1.29 is 28.3 Å². The maximum atomic E-state index is 14.7. The third kappa shape index (κ3) is 9.29. The average molecular weight is 553 g/mol. The monoisotopic (exact) mass is 552 g/mol. The maximum absolute atomic E-state index is 14.7. The number of aromatic nitrogens is 1. The standard InChI is InChI=1S/C23H21ClF2N4O4S.C2H6/c1-29(23(32)15-3-2-8-27-13-15)9-10-30(14-21(31)28-33)35-18-11-19(25)22(20(26)12-18)34-17-6-4-16(24)5-7-17;1-2/h2-8,11-13,33H,9-10,14H2,1H3,(H,28,31);1-2H3. The predicted octanol–water partition coefficient (Wildman–Crippen LogP) is 5.42. The summed E-state index contributed by atoms with van der Waals surface area (Å²) in [7, 11) is 1.58. The summed E-state index contributed by atoms with van der Waals surface area (Å²) < 4.78 is 36.1. The fourth-order valence-corrected chi connectivity index (χ4v) is 3.97. The van der Waals surface area contributed by atoms with Gasteiger partial charge in [0.1, 0.15) is 5.75 Å². The van der Waals surface area contributed by atoms with Gasteiger partial charge in [0.05, 0.1) is 12.1 Å². The lowest BCUT2D eigenvalue weighted by molar-refractivity contribution is -0.129. The number of pyridine rings is 1. The highest BCUT2D eigenvalue weighted by Gasteiger charge is 2.19. The van der Waals surface area contributed by atoms with E-state index in [2.05, 4.69) is 4.98 Å². The van der Waals surface area contributed by atoms with E-state index in [-0.39, 0.29) is 36.2 Å². The van der Waals surface area contributed by atoms with Gasteiger partial charge in [0.25, 0.3) is 11.8 Å². The Labute approximate surface area is 223 Å². The minimum Gasteiger partial charge on any atom is -0.451 e. The van der Waals surface area contributed by atoms with Crippen LogP contribution in [0.15, 0.2) is 65.8 Å². The highest BCUT2D eigenvalue weighted by atomic mass is 35.5. The summed E-state index contributed by atoms with van der Waals surface area (Å²) in [6, 6.07) is 11.4. The summed E-state index contributed by atoms with van der Waals surface area (Å²) in [4.78, 5) is 29.7. The van der Waals surface area contributed by atoms with E-state index in [1.807, 2.05) is 13.8 Å². The third-order valence-corrected chi connectivity index (χ3v) is 5.89. The molecule has 0 unspecified atom stereocenters. The van der Waals surface area contributed by atoms with E-state index < -0.39 is 23.3 Å². The van der Waals surface area contributed by atoms with Crippen LogP contribution in [0.3, 0.4) is 0 Å². The first-order valence-electron chi connectivity index (χ1n) is 11.2. The van der Waals surface area contributed by atoms with Gasteiger partial charge in [0.2, 0.25) is 0 Å². The minimum atomic E-state index is -0.946. The number of carbonyl (C=O) groups is 2. The lowest BCUT2D eigenvalue weighted by atomic mass is 10.2. The molecule has 37 heavy (non-hydrogen) atoms. The van der Waals surface area contributed by atoms with Crippen molar-refractivity contribution in [2.45, 2.75) is 18.7 Å². The Bertz CT molecular complexity index is 1150. The number of nitrogens with zero attached hydrogens (tertiary/aromatic N) is 3. The van der Waals surface area contributed by atoms with E-state index in [1.54, 1.807) is 25.4 Å². The maximum Gasteiger partial charge on any atom is 0.258 e. The minimum absolute atomic E-state index is 0.146. The van der Waals surface area contributed by atoms with Crippen molar-refractivity contribution in [3.63, 3.8) is 0 Å². The number of nitrogens with one attached hydrogen (secondary N) is 1. The van der Waals surface area contributed by atoms with Crippen molar-refractivity contribution in [2.24, 2.45) is 0 Å². The van der Waals surface area contributed by atoms with Crippen molar-refractivity contribution in [3.8, 4) is 11.5 Å². The molecule has 0 radical (unpaired) electrons. The van der Waals surface area contributed by atoms with Crippen LogP contribution >= 0.6 is 23.5 Å². The summed E-state index contributed by atoms with van der Waals surface area (Å²) >= 11 is 6.69. The largest absolute Gasteiger partial charge is 0.451 e. The molecule has 2 N–H and O–H groups in total. The molecular weight excluding hydrogens is 526 g/mol. The smallest absolute Gasteiger partial charge is 0.258 e. The normalized spacial score (nSPS) is 10.4. The molecule has 198 valence electrons. The SMILES string of the molecule is CC.CN(CCN(CC(=O)NO)Sc1cc(F)c(Oc2ccc(Cl)cc2)c(F)c1)C(=O)c1cccnc1. The lowest BCUT2D eigenvalue weighted by Crippen LogP contribution is -2.38. The number of benzene rings is 2. The van der Waals surface area contributed by atoms with Crippen LogP contribution in [0.1, 0.15) is 24.2 Å². The van der Waals surface area contributed by atoms with Crippen LogP contribution in [0.25, 0.3) is 0 Å². The molecule has 0 bridgehead atoms. The van der Waals surface area contributed by atoms with E-state index in [9.17, 15) is 18.4 Å². The number of hydroxylamine groups is 1. The zero-order valence-electron chi connectivity index (χ0n) is 20.5. The molecule has 1 aromatic heterocycles. The second kappa shape index (κ2) is 15.1. The van der Waals surface area contributed by atoms with Gasteiger partial charge in [-0.3, -0.25) is 19.8 Å². The van der Waals surface area contributed by atoms with Gasteiger partial charge in [-0.1, -0.05) is 25.4 Å². The quantitative estimate of drug-likeness (QED) is 0.197. The predicted molar refractivity (Wildman–Crippen MR) is 138 cm³/mol. The van der Waals surface area contributed by atoms with E-state index >= 15 is 0 Å². The summed E-state index contributed by atoms with van der Waals surface area (Å²) in [6.45, 7) is 4.03. The van der Waals surface area contributed by atoms with Gasteiger partial charge in [-0.15, -0.1) is 0 Å². The van der Waals surface area contributed by atoms with Crippen LogP contribution in [-0.4, -0.2) is 57.9 Å². The highest BCUT2D eigenvalue weighted by Crippen LogP contribution is 2.33. The molecule has 0 aliphatic heterocycles. The number of halogens is 3. The second-order valence-corrected chi connectivity index (χ2v) is 8.84. The Morgan fingerprint density at radius 2 is 1.76 bits per heavy atom. The molecule has 8 nitrogen and oxygen atoms in total. The lowest BCUT2D eigenvalue weighted by Gasteiger charge is -2.24. The van der Waals surface area contributed by atoms with Crippen molar-refractivity contribution in [3.05, 3.63) is 83.1 Å². The van der Waals surface area contributed by atoms with Crippen LogP contribution in [0.5, 0.6) is 11.5 Å². The van der Waals surface area contributed by atoms with Gasteiger partial charge in [-0.2, -0.15) is 0 Å². The van der Waals surface area contributed by atoms with Gasteiger partial charge >= 0.3 is 0 Å². The fourth-order valence-electron chi connectivity index (χ4n) is 2.88. The number of hydrogen-bond donors (Lipinski definition) is 2. The molecule has 0 aliphatic rings. The Balaban J connectivity index is 0.00000235. The molecule has 0 aliphatic carbocycles. The number of likely N-dealkylation sites (N-methyl/N-ethyl adjacent to an activating group) is 1. The number of rotatable bonds is 10. The molecule has 0 fully saturated rings. The number of hydrogen-bond acceptors (Lipinski definition) is 7. The molecular formula is C25H27ClF2N4O4S. The van der Waals surface area contributed by atoms with Crippen LogP contribution < -0.4 is 10.2 Å². The van der Waals surface area contributed by atoms with Gasteiger partial charge < -0.3 is 9.64 Å². The van der Waals surface area contributed by atoms with Gasteiger partial charge in [-0.25, -0.2) is 18.6 Å². The molecule has 0 atom stereocenters. The first kappa shape index (κ1) is 30.0. The Kier molecular flexibility index (Phi) is 12.2. The molecule has 3 aromatic rings. The third-order valence-electron chi connectivity index (χ3n) is 4.62. The average Bonchev–Trinajstić information content (AvgIpc) is 2.91. The van der Waals surface area contributed by atoms with E-state index in [0.29, 0.717) is 10.6 Å². The molecule has 0 saturated carbocycles. The Morgan fingerprint density at radius 3 is 2.32 bits per heavy atom. The van der Waals surface area contributed by atoms with E-state index in [1.165, 1.54) is 45.1 Å². The number of carbonyl (C=O) groups excluding carboxylic acids is 2. The summed E-state index contributed by atoms with van der Waals surface area (Å²) in [5.41, 5.74) is 1.91. The van der Waals surface area contributed by atoms with Gasteiger partial charge in [-0.05, 0) is 60.5 Å². The molecule has 2 amide bonds. The van der Waals surface area contributed by atoms with E-state index in [0.717, 1.165) is 24.1 Å². The topological polar surface area (TPSA) is 95.0 Å². The first-order chi connectivity index (χ1) is 17.8. The Morgan fingerprint density at radius 1 is 1.11 bits per heavy atom. The number of amides is 2. The van der Waals surface area contributed by atoms with Crippen LogP contribution in [0.2, 0.25) is 5.02 Å². The zero-order valence-corrected chi connectivity index (χ0v) is 22.0. The molecule has 0 spiro atoms. The van der Waals surface area contributed by atoms with Crippen molar-refractivity contribution >= 4 is 35.4 Å². The summed E-state index contributed by atoms with van der Waals surface area (Å²) in [5.74, 6) is -3.29. The Hall–Kier alpha value is -3.25. The van der Waals surface area contributed by atoms with Crippen molar-refractivity contribution in [1.29, 1.82) is 0 Å². The van der Waals surface area contributed by atoms with Crippen LogP contribution in [0, 0.1) is 11.6 Å².